The molecule has 0 bridgehead atoms. The molecule has 0 spiro atoms. The number of nitrogens with zero attached hydrogens (tertiary/aromatic N) is 2. The highest BCUT2D eigenvalue weighted by Crippen LogP contribution is 2.46. The first-order valence-electron chi connectivity index (χ1n) is 8.60. The van der Waals surface area contributed by atoms with Gasteiger partial charge in [0, 0.05) is 22.0 Å². The molecule has 6 nitrogen and oxygen atoms in total. The third-order valence-corrected chi connectivity index (χ3v) is 4.56. The van der Waals surface area contributed by atoms with E-state index in [0.717, 1.165) is 0 Å². The molecule has 0 N–H and O–H groups in total. The van der Waals surface area contributed by atoms with E-state index in [1.807, 2.05) is 0 Å². The van der Waals surface area contributed by atoms with E-state index >= 15 is 0 Å². The second-order valence-electron chi connectivity index (χ2n) is 6.69. The van der Waals surface area contributed by atoms with Gasteiger partial charge in [-0.25, -0.2) is 14.2 Å². The quantitative estimate of drug-likeness (QED) is 0.441. The highest BCUT2D eigenvalue weighted by molar-refractivity contribution is 6.38. The Hall–Kier alpha value is -3.09. The van der Waals surface area contributed by atoms with Crippen LogP contribution in [0.5, 0.6) is 0 Å². The van der Waals surface area contributed by atoms with Crippen LogP contribution in [0.15, 0.2) is 59.6 Å². The summed E-state index contributed by atoms with van der Waals surface area (Å²) < 4.78 is 20.2. The van der Waals surface area contributed by atoms with Crippen LogP contribution in [0.2, 0.25) is 0 Å². The zero-order valence-electron chi connectivity index (χ0n) is 15.0. The Kier molecular flexibility index (Phi) is 5.03. The minimum Gasteiger partial charge on any atom is -0.427 e. The summed E-state index contributed by atoms with van der Waals surface area (Å²) in [6, 6.07) is 14.3. The largest absolute Gasteiger partial charge is 0.427 e. The van der Waals surface area contributed by atoms with Gasteiger partial charge in [-0.2, -0.15) is 0 Å². The zero-order valence-corrected chi connectivity index (χ0v) is 15.0. The number of benzene rings is 2. The minimum atomic E-state index is -1.69. The number of carbonyl (C=O) groups is 1. The van der Waals surface area contributed by atoms with Crippen molar-refractivity contribution >= 4 is 11.7 Å². The Morgan fingerprint density at radius 3 is 2.33 bits per heavy atom. The predicted octanol–water partition coefficient (Wildman–Crippen LogP) is 3.69. The van der Waals surface area contributed by atoms with E-state index in [1.165, 1.54) is 18.2 Å². The molecule has 0 fully saturated rings. The van der Waals surface area contributed by atoms with Gasteiger partial charge in [-0.05, 0) is 6.07 Å². The summed E-state index contributed by atoms with van der Waals surface area (Å²) in [6.45, 7) is 2.93. The standard InChI is InChI=1S/C20H19FN2O4/c1-13(2)18-19(24)27-20(22-18,14-8-4-3-5-9-14)16(12-23(25)26)15-10-6-7-11-17(15)21/h3-11,13,16H,12H2,1-2H3. The van der Waals surface area contributed by atoms with Crippen molar-refractivity contribution in [2.75, 3.05) is 6.54 Å². The van der Waals surface area contributed by atoms with E-state index < -0.39 is 34.9 Å². The van der Waals surface area contributed by atoms with E-state index in [-0.39, 0.29) is 17.2 Å². The first kappa shape index (κ1) is 18.7. The lowest BCUT2D eigenvalue weighted by atomic mass is 9.83. The highest BCUT2D eigenvalue weighted by Gasteiger charge is 2.53. The van der Waals surface area contributed by atoms with Gasteiger partial charge in [0.25, 0.3) is 0 Å². The molecule has 0 radical (unpaired) electrons. The van der Waals surface area contributed by atoms with Crippen LogP contribution in [-0.4, -0.2) is 23.1 Å². The van der Waals surface area contributed by atoms with Crippen molar-refractivity contribution in [1.29, 1.82) is 0 Å². The molecule has 27 heavy (non-hydrogen) atoms. The van der Waals surface area contributed by atoms with Gasteiger partial charge in [0.15, 0.2) is 0 Å². The van der Waals surface area contributed by atoms with Crippen molar-refractivity contribution in [2.45, 2.75) is 25.5 Å². The molecule has 2 atom stereocenters. The van der Waals surface area contributed by atoms with E-state index in [1.54, 1.807) is 50.2 Å². The Bertz CT molecular complexity index is 898. The average Bonchev–Trinajstić information content (AvgIpc) is 3.00. The molecule has 1 aliphatic rings. The fraction of sp³-hybridized carbons (Fsp3) is 0.300. The van der Waals surface area contributed by atoms with Gasteiger partial charge in [-0.1, -0.05) is 62.4 Å². The molecule has 1 heterocycles. The molecule has 7 heteroatoms. The summed E-state index contributed by atoms with van der Waals surface area (Å²) >= 11 is 0. The molecule has 140 valence electrons. The molecular weight excluding hydrogens is 351 g/mol. The molecule has 0 aromatic heterocycles. The number of ether oxygens (including phenoxy) is 1. The van der Waals surface area contributed by atoms with Crippen LogP contribution in [0.1, 0.15) is 30.9 Å². The van der Waals surface area contributed by atoms with E-state index in [0.29, 0.717) is 5.56 Å². The Balaban J connectivity index is 2.26. The van der Waals surface area contributed by atoms with E-state index in [9.17, 15) is 19.3 Å². The van der Waals surface area contributed by atoms with Gasteiger partial charge in [-0.15, -0.1) is 0 Å². The van der Waals surface area contributed by atoms with Crippen molar-refractivity contribution in [2.24, 2.45) is 10.9 Å². The normalized spacial score (nSPS) is 20.3. The number of esters is 1. The number of halogens is 1. The van der Waals surface area contributed by atoms with E-state index in [2.05, 4.69) is 4.99 Å². The molecule has 2 aromatic rings. The van der Waals surface area contributed by atoms with Gasteiger partial charge in [0.2, 0.25) is 12.3 Å². The maximum absolute atomic E-state index is 14.6. The van der Waals surface area contributed by atoms with Crippen LogP contribution in [0.25, 0.3) is 0 Å². The SMILES string of the molecule is CC(C)C1=NC(c2ccccc2)(C(C[N+](=O)[O-])c2ccccc2F)OC1=O. The van der Waals surface area contributed by atoms with Crippen LogP contribution < -0.4 is 0 Å². The van der Waals surface area contributed by atoms with Gasteiger partial charge < -0.3 is 4.74 Å². The number of nitro groups is 1. The predicted molar refractivity (Wildman–Crippen MR) is 97.5 cm³/mol. The van der Waals surface area contributed by atoms with Gasteiger partial charge in [0.1, 0.15) is 17.4 Å². The third kappa shape index (κ3) is 3.45. The molecule has 0 aliphatic carbocycles. The monoisotopic (exact) mass is 370 g/mol. The Morgan fingerprint density at radius 1 is 1.15 bits per heavy atom. The molecule has 1 aliphatic heterocycles. The molecule has 3 rings (SSSR count). The Labute approximate surface area is 155 Å². The number of cyclic esters (lactones) is 1. The summed E-state index contributed by atoms with van der Waals surface area (Å²) in [4.78, 5) is 27.9. The van der Waals surface area contributed by atoms with Crippen LogP contribution in [-0.2, 0) is 15.3 Å². The number of carbonyl (C=O) groups excluding carboxylic acids is 1. The first-order valence-corrected chi connectivity index (χ1v) is 8.60. The summed E-state index contributed by atoms with van der Waals surface area (Å²) in [7, 11) is 0. The first-order chi connectivity index (χ1) is 12.8. The second kappa shape index (κ2) is 7.26. The highest BCUT2D eigenvalue weighted by atomic mass is 19.1. The van der Waals surface area contributed by atoms with Crippen LogP contribution in [0, 0.1) is 21.8 Å². The summed E-state index contributed by atoms with van der Waals surface area (Å²) in [5.41, 5.74) is -0.958. The lowest BCUT2D eigenvalue weighted by molar-refractivity contribution is -0.487. The number of aliphatic imine (C=N–C) groups is 1. The third-order valence-electron chi connectivity index (χ3n) is 4.56. The van der Waals surface area contributed by atoms with Gasteiger partial charge in [0.05, 0.1) is 0 Å². The van der Waals surface area contributed by atoms with Crippen molar-refractivity contribution in [3.63, 3.8) is 0 Å². The van der Waals surface area contributed by atoms with Crippen molar-refractivity contribution in [1.82, 2.24) is 0 Å². The molecule has 2 unspecified atom stereocenters. The summed E-state index contributed by atoms with van der Waals surface area (Å²) in [5.74, 6) is -2.60. The van der Waals surface area contributed by atoms with Crippen LogP contribution in [0.3, 0.4) is 0 Å². The lowest BCUT2D eigenvalue weighted by Crippen LogP contribution is -2.37. The number of hydrogen-bond acceptors (Lipinski definition) is 5. The summed E-state index contributed by atoms with van der Waals surface area (Å²) in [6.07, 6.45) is 0. The molecule has 0 amide bonds. The van der Waals surface area contributed by atoms with Crippen molar-refractivity contribution in [3.05, 3.63) is 81.7 Å². The number of hydrogen-bond donors (Lipinski definition) is 0. The molecular formula is C20H19FN2O4. The van der Waals surface area contributed by atoms with Crippen LogP contribution >= 0.6 is 0 Å². The molecule has 0 saturated carbocycles. The van der Waals surface area contributed by atoms with Crippen LogP contribution in [0.4, 0.5) is 4.39 Å². The summed E-state index contributed by atoms with van der Waals surface area (Å²) in [5, 5.41) is 11.4. The maximum Gasteiger partial charge on any atom is 0.355 e. The smallest absolute Gasteiger partial charge is 0.355 e. The fourth-order valence-corrected chi connectivity index (χ4v) is 3.30. The fourth-order valence-electron chi connectivity index (χ4n) is 3.30. The van der Waals surface area contributed by atoms with Crippen molar-refractivity contribution < 1.29 is 18.8 Å². The minimum absolute atomic E-state index is 0.0830. The topological polar surface area (TPSA) is 81.8 Å². The second-order valence-corrected chi connectivity index (χ2v) is 6.69. The number of rotatable bonds is 6. The zero-order chi connectivity index (χ0) is 19.6. The van der Waals surface area contributed by atoms with Gasteiger partial charge in [-0.3, -0.25) is 10.1 Å². The average molecular weight is 370 g/mol. The lowest BCUT2D eigenvalue weighted by Gasteiger charge is -2.32. The molecule has 0 saturated heterocycles. The van der Waals surface area contributed by atoms with Crippen molar-refractivity contribution in [3.8, 4) is 0 Å². The Morgan fingerprint density at radius 2 is 1.78 bits per heavy atom. The molecule has 2 aromatic carbocycles. The van der Waals surface area contributed by atoms with E-state index in [4.69, 9.17) is 4.74 Å². The van der Waals surface area contributed by atoms with Gasteiger partial charge >= 0.3 is 5.97 Å². The maximum atomic E-state index is 14.6.